The first kappa shape index (κ1) is 11.8. The molecule has 0 bridgehead atoms. The molecule has 0 aromatic heterocycles. The smallest absolute Gasteiger partial charge is 0.152 e. The zero-order valence-electron chi connectivity index (χ0n) is 10.4. The average Bonchev–Trinajstić information content (AvgIpc) is 2.80. The Kier molecular flexibility index (Phi) is 2.34. The highest BCUT2D eigenvalue weighted by molar-refractivity contribution is 5.87. The first-order valence-electron chi connectivity index (χ1n) is 5.83. The minimum absolute atomic E-state index is 0.0167. The molecule has 3 atom stereocenters. The molecule has 2 aliphatic rings. The van der Waals surface area contributed by atoms with Gasteiger partial charge in [-0.3, -0.25) is 4.79 Å². The quantitative estimate of drug-likeness (QED) is 0.575. The second kappa shape index (κ2) is 3.17. The van der Waals surface area contributed by atoms with Crippen molar-refractivity contribution in [2.75, 3.05) is 0 Å². The predicted molar refractivity (Wildman–Crippen MR) is 61.1 cm³/mol. The molecule has 0 radical (unpaired) electrons. The van der Waals surface area contributed by atoms with Gasteiger partial charge in [0.2, 0.25) is 0 Å². The largest absolute Gasteiger partial charge is 0.392 e. The third-order valence-corrected chi connectivity index (χ3v) is 4.37. The summed E-state index contributed by atoms with van der Waals surface area (Å²) in [6, 6.07) is 0. The SMILES string of the molecule is CC(=O)C=CC12OC1(C)CCC(O)C2(C)C. The Morgan fingerprint density at radius 3 is 2.62 bits per heavy atom. The lowest BCUT2D eigenvalue weighted by atomic mass is 9.62. The van der Waals surface area contributed by atoms with Gasteiger partial charge in [-0.15, -0.1) is 0 Å². The molecule has 1 N–H and O–H groups in total. The van der Waals surface area contributed by atoms with Crippen molar-refractivity contribution in [3.8, 4) is 0 Å². The Bertz CT molecular complexity index is 358. The van der Waals surface area contributed by atoms with E-state index in [1.807, 2.05) is 19.9 Å². The van der Waals surface area contributed by atoms with Gasteiger partial charge in [-0.1, -0.05) is 13.8 Å². The standard InChI is InChI=1S/C13H20O3/c1-9(14)5-8-13-11(2,3)10(15)6-7-12(13,4)16-13/h5,8,10,15H,6-7H2,1-4H3. The van der Waals surface area contributed by atoms with Crippen LogP contribution in [0.5, 0.6) is 0 Å². The summed E-state index contributed by atoms with van der Waals surface area (Å²) >= 11 is 0. The van der Waals surface area contributed by atoms with Crippen molar-refractivity contribution in [3.63, 3.8) is 0 Å². The molecule has 1 saturated carbocycles. The number of fused-ring (bicyclic) bond motifs is 1. The van der Waals surface area contributed by atoms with E-state index >= 15 is 0 Å². The van der Waals surface area contributed by atoms with Crippen LogP contribution in [0.3, 0.4) is 0 Å². The van der Waals surface area contributed by atoms with E-state index in [9.17, 15) is 9.90 Å². The highest BCUT2D eigenvalue weighted by Crippen LogP contribution is 2.65. The molecule has 3 unspecified atom stereocenters. The van der Waals surface area contributed by atoms with Gasteiger partial charge < -0.3 is 9.84 Å². The van der Waals surface area contributed by atoms with Gasteiger partial charge in [0.1, 0.15) is 5.60 Å². The van der Waals surface area contributed by atoms with Crippen LogP contribution < -0.4 is 0 Å². The summed E-state index contributed by atoms with van der Waals surface area (Å²) in [6.07, 6.45) is 4.64. The number of hydrogen-bond acceptors (Lipinski definition) is 3. The number of aliphatic hydroxyl groups is 1. The molecule has 3 nitrogen and oxygen atoms in total. The third-order valence-electron chi connectivity index (χ3n) is 4.37. The van der Waals surface area contributed by atoms with Crippen LogP contribution in [0.1, 0.15) is 40.5 Å². The summed E-state index contributed by atoms with van der Waals surface area (Å²) in [4.78, 5) is 11.0. The van der Waals surface area contributed by atoms with Crippen LogP contribution in [0.2, 0.25) is 0 Å². The molecule has 0 amide bonds. The zero-order valence-corrected chi connectivity index (χ0v) is 10.4. The molecule has 1 aliphatic carbocycles. The second-order valence-corrected chi connectivity index (χ2v) is 5.79. The van der Waals surface area contributed by atoms with Crippen molar-refractivity contribution in [2.45, 2.75) is 57.8 Å². The molecule has 2 rings (SSSR count). The van der Waals surface area contributed by atoms with Crippen molar-refractivity contribution in [3.05, 3.63) is 12.2 Å². The topological polar surface area (TPSA) is 49.8 Å². The summed E-state index contributed by atoms with van der Waals surface area (Å²) in [5.74, 6) is 0.0167. The molecule has 3 heteroatoms. The normalized spacial score (nSPS) is 45.4. The molecular weight excluding hydrogens is 204 g/mol. The van der Waals surface area contributed by atoms with Gasteiger partial charge in [-0.25, -0.2) is 0 Å². The number of ketones is 1. The van der Waals surface area contributed by atoms with Gasteiger partial charge in [0, 0.05) is 5.41 Å². The van der Waals surface area contributed by atoms with Crippen molar-refractivity contribution in [1.29, 1.82) is 0 Å². The molecule has 2 fully saturated rings. The highest BCUT2D eigenvalue weighted by atomic mass is 16.6. The first-order chi connectivity index (χ1) is 7.25. The monoisotopic (exact) mass is 224 g/mol. The molecular formula is C13H20O3. The van der Waals surface area contributed by atoms with Crippen LogP contribution >= 0.6 is 0 Å². The van der Waals surface area contributed by atoms with E-state index in [0.29, 0.717) is 0 Å². The summed E-state index contributed by atoms with van der Waals surface area (Å²) in [6.45, 7) is 7.60. The number of carbonyl (C=O) groups excluding carboxylic acids is 1. The highest BCUT2D eigenvalue weighted by Gasteiger charge is 2.75. The van der Waals surface area contributed by atoms with Gasteiger partial charge in [0.15, 0.2) is 5.78 Å². The fraction of sp³-hybridized carbons (Fsp3) is 0.769. The summed E-state index contributed by atoms with van der Waals surface area (Å²) in [5.41, 5.74) is -1.02. The van der Waals surface area contributed by atoms with E-state index in [-0.39, 0.29) is 22.9 Å². The Labute approximate surface area is 96.5 Å². The van der Waals surface area contributed by atoms with E-state index < -0.39 is 5.60 Å². The lowest BCUT2D eigenvalue weighted by Crippen LogP contribution is -2.49. The van der Waals surface area contributed by atoms with Crippen LogP contribution in [0.25, 0.3) is 0 Å². The minimum atomic E-state index is -0.469. The van der Waals surface area contributed by atoms with Crippen molar-refractivity contribution >= 4 is 5.78 Å². The first-order valence-corrected chi connectivity index (χ1v) is 5.83. The van der Waals surface area contributed by atoms with Gasteiger partial charge >= 0.3 is 0 Å². The number of epoxide rings is 1. The van der Waals surface area contributed by atoms with Gasteiger partial charge in [-0.2, -0.15) is 0 Å². The second-order valence-electron chi connectivity index (χ2n) is 5.79. The lowest BCUT2D eigenvalue weighted by Gasteiger charge is -2.40. The molecule has 1 saturated heterocycles. The molecule has 90 valence electrons. The maximum Gasteiger partial charge on any atom is 0.152 e. The van der Waals surface area contributed by atoms with E-state index in [1.165, 1.54) is 6.92 Å². The Hall–Kier alpha value is -0.670. The van der Waals surface area contributed by atoms with Gasteiger partial charge in [0.25, 0.3) is 0 Å². The van der Waals surface area contributed by atoms with Gasteiger partial charge in [0.05, 0.1) is 11.7 Å². The molecule has 16 heavy (non-hydrogen) atoms. The number of ether oxygens (including phenoxy) is 1. The van der Waals surface area contributed by atoms with Crippen molar-refractivity contribution in [2.24, 2.45) is 5.41 Å². The summed E-state index contributed by atoms with van der Waals surface area (Å²) < 4.78 is 5.89. The molecule has 0 aromatic rings. The minimum Gasteiger partial charge on any atom is -0.392 e. The number of carbonyl (C=O) groups is 1. The van der Waals surface area contributed by atoms with E-state index in [2.05, 4.69) is 6.92 Å². The Morgan fingerprint density at radius 2 is 2.06 bits per heavy atom. The zero-order chi connectivity index (χ0) is 12.2. The fourth-order valence-corrected chi connectivity index (χ4v) is 3.06. The van der Waals surface area contributed by atoms with E-state index in [1.54, 1.807) is 6.08 Å². The summed E-state index contributed by atoms with van der Waals surface area (Å²) in [7, 11) is 0. The predicted octanol–water partition coefficient (Wildman–Crippen LogP) is 1.84. The number of allylic oxidation sites excluding steroid dienone is 1. The van der Waals surface area contributed by atoms with Crippen LogP contribution in [0, 0.1) is 5.41 Å². The molecule has 0 spiro atoms. The van der Waals surface area contributed by atoms with Crippen LogP contribution in [-0.4, -0.2) is 28.2 Å². The maximum absolute atomic E-state index is 11.0. The Morgan fingerprint density at radius 1 is 1.44 bits per heavy atom. The van der Waals surface area contributed by atoms with Crippen molar-refractivity contribution in [1.82, 2.24) is 0 Å². The Balaban J connectivity index is 2.35. The number of hydrogen-bond donors (Lipinski definition) is 1. The summed E-state index contributed by atoms with van der Waals surface area (Å²) in [5, 5.41) is 10.1. The van der Waals surface area contributed by atoms with Crippen LogP contribution in [-0.2, 0) is 9.53 Å². The number of aliphatic hydroxyl groups excluding tert-OH is 1. The molecule has 1 heterocycles. The van der Waals surface area contributed by atoms with Crippen LogP contribution in [0.4, 0.5) is 0 Å². The van der Waals surface area contributed by atoms with Crippen molar-refractivity contribution < 1.29 is 14.6 Å². The van der Waals surface area contributed by atoms with Crippen LogP contribution in [0.15, 0.2) is 12.2 Å². The third kappa shape index (κ3) is 1.31. The lowest BCUT2D eigenvalue weighted by molar-refractivity contribution is -0.112. The molecule has 1 aliphatic heterocycles. The fourth-order valence-electron chi connectivity index (χ4n) is 3.06. The van der Waals surface area contributed by atoms with Gasteiger partial charge in [-0.05, 0) is 38.8 Å². The average molecular weight is 224 g/mol. The van der Waals surface area contributed by atoms with E-state index in [4.69, 9.17) is 4.74 Å². The maximum atomic E-state index is 11.0. The molecule has 0 aromatic carbocycles. The number of rotatable bonds is 2. The van der Waals surface area contributed by atoms with E-state index in [0.717, 1.165) is 12.8 Å².